The van der Waals surface area contributed by atoms with E-state index in [1.807, 2.05) is 12.1 Å². The molecule has 11 heteroatoms. The van der Waals surface area contributed by atoms with Crippen LogP contribution in [0.15, 0.2) is 24.5 Å². The minimum atomic E-state index is -4.79. The molecular formula is C14H18N4O6S. The molecule has 0 unspecified atom stereocenters. The Morgan fingerprint density at radius 2 is 2.08 bits per heavy atom. The number of piperidine rings is 1. The quantitative estimate of drug-likeness (QED) is 0.660. The van der Waals surface area contributed by atoms with Crippen LogP contribution in [0.4, 0.5) is 4.79 Å². The van der Waals surface area contributed by atoms with Crippen molar-refractivity contribution in [2.75, 3.05) is 13.1 Å². The lowest BCUT2D eigenvalue weighted by Gasteiger charge is -2.29. The molecule has 2 aliphatic heterocycles. The Hall–Kier alpha value is -2.24. The molecule has 2 bridgehead atoms. The van der Waals surface area contributed by atoms with Crippen LogP contribution in [0.25, 0.3) is 0 Å². The number of rotatable bonds is 6. The molecule has 0 aliphatic carbocycles. The topological polar surface area (TPSA) is 129 Å². The normalized spacial score (nSPS) is 23.0. The van der Waals surface area contributed by atoms with Crippen molar-refractivity contribution < 1.29 is 26.8 Å². The number of aromatic nitrogens is 1. The fraction of sp³-hybridized carbons (Fsp3) is 0.500. The Morgan fingerprint density at radius 1 is 1.36 bits per heavy atom. The summed E-state index contributed by atoms with van der Waals surface area (Å²) in [7, 11) is -4.79. The summed E-state index contributed by atoms with van der Waals surface area (Å²) in [6.07, 6.45) is 4.77. The summed E-state index contributed by atoms with van der Waals surface area (Å²) in [5, 5.41) is 3.41. The van der Waals surface area contributed by atoms with Crippen LogP contribution < -0.4 is 5.32 Å². The number of hydroxylamine groups is 2. The molecule has 0 saturated carbocycles. The summed E-state index contributed by atoms with van der Waals surface area (Å²) in [4.78, 5) is 29.8. The molecule has 2 N–H and O–H groups in total. The van der Waals surface area contributed by atoms with E-state index in [1.54, 1.807) is 12.4 Å². The predicted octanol–water partition coefficient (Wildman–Crippen LogP) is -0.257. The maximum absolute atomic E-state index is 12.4. The number of carbonyl (C=O) groups is 2. The van der Waals surface area contributed by atoms with Crippen LogP contribution in [-0.2, 0) is 25.9 Å². The van der Waals surface area contributed by atoms with Crippen molar-refractivity contribution in [3.05, 3.63) is 30.1 Å². The molecule has 0 spiro atoms. The third kappa shape index (κ3) is 4.06. The molecule has 3 rings (SSSR count). The first-order chi connectivity index (χ1) is 11.8. The summed E-state index contributed by atoms with van der Waals surface area (Å²) in [5.41, 5.74) is 1.03. The van der Waals surface area contributed by atoms with Crippen molar-refractivity contribution in [2.24, 2.45) is 0 Å². The van der Waals surface area contributed by atoms with Gasteiger partial charge in [0.2, 0.25) is 5.91 Å². The van der Waals surface area contributed by atoms with Gasteiger partial charge in [-0.05, 0) is 37.0 Å². The smallest absolute Gasteiger partial charge is 0.354 e. The van der Waals surface area contributed by atoms with E-state index < -0.39 is 28.5 Å². The maximum Gasteiger partial charge on any atom is 0.418 e. The van der Waals surface area contributed by atoms with Gasteiger partial charge in [0.15, 0.2) is 0 Å². The average Bonchev–Trinajstić information content (AvgIpc) is 2.79. The number of urea groups is 1. The van der Waals surface area contributed by atoms with Crippen molar-refractivity contribution in [1.29, 1.82) is 0 Å². The van der Waals surface area contributed by atoms with Gasteiger partial charge in [0.1, 0.15) is 6.04 Å². The first-order valence-electron chi connectivity index (χ1n) is 7.78. The summed E-state index contributed by atoms with van der Waals surface area (Å²) in [6.45, 7) is 0.590. The van der Waals surface area contributed by atoms with Crippen LogP contribution in [0.2, 0.25) is 0 Å². The highest BCUT2D eigenvalue weighted by Gasteiger charge is 2.49. The van der Waals surface area contributed by atoms with Gasteiger partial charge < -0.3 is 10.2 Å². The van der Waals surface area contributed by atoms with E-state index in [1.165, 1.54) is 4.90 Å². The molecule has 10 nitrogen and oxygen atoms in total. The van der Waals surface area contributed by atoms with Gasteiger partial charge in [-0.1, -0.05) is 0 Å². The third-order valence-electron chi connectivity index (χ3n) is 4.26. The maximum atomic E-state index is 12.4. The second-order valence-electron chi connectivity index (χ2n) is 5.91. The number of hydrogen-bond acceptors (Lipinski definition) is 6. The van der Waals surface area contributed by atoms with E-state index in [0.717, 1.165) is 5.56 Å². The lowest BCUT2D eigenvalue weighted by Crippen LogP contribution is -2.50. The number of amides is 3. The SMILES string of the molecule is O=C(NCCc1ccncc1)[C@H]1CC[C@H]2CN1C(=O)N2OS(=O)(=O)O. The Bertz CT molecular complexity index is 756. The van der Waals surface area contributed by atoms with Gasteiger partial charge >= 0.3 is 16.4 Å². The van der Waals surface area contributed by atoms with Gasteiger partial charge in [0.25, 0.3) is 0 Å². The number of carbonyl (C=O) groups excluding carboxylic acids is 2. The zero-order valence-electron chi connectivity index (χ0n) is 13.2. The monoisotopic (exact) mass is 370 g/mol. The average molecular weight is 370 g/mol. The Morgan fingerprint density at radius 3 is 2.76 bits per heavy atom. The van der Waals surface area contributed by atoms with E-state index >= 15 is 0 Å². The molecule has 25 heavy (non-hydrogen) atoms. The Kier molecular flexibility index (Phi) is 4.88. The van der Waals surface area contributed by atoms with Crippen LogP contribution in [0, 0.1) is 0 Å². The molecule has 136 valence electrons. The van der Waals surface area contributed by atoms with E-state index in [-0.39, 0.29) is 12.5 Å². The Balaban J connectivity index is 1.57. The fourth-order valence-corrected chi connectivity index (χ4v) is 3.49. The van der Waals surface area contributed by atoms with Gasteiger partial charge in [-0.3, -0.25) is 14.3 Å². The first kappa shape index (κ1) is 17.6. The number of pyridine rings is 1. The molecule has 0 radical (unpaired) electrons. The minimum Gasteiger partial charge on any atom is -0.354 e. The van der Waals surface area contributed by atoms with Gasteiger partial charge in [-0.2, -0.15) is 13.5 Å². The highest BCUT2D eigenvalue weighted by Crippen LogP contribution is 2.30. The van der Waals surface area contributed by atoms with E-state index in [0.29, 0.717) is 30.9 Å². The van der Waals surface area contributed by atoms with Gasteiger partial charge in [-0.25, -0.2) is 4.79 Å². The molecule has 1 aromatic rings. The van der Waals surface area contributed by atoms with Crippen molar-refractivity contribution in [3.63, 3.8) is 0 Å². The molecule has 2 saturated heterocycles. The van der Waals surface area contributed by atoms with Crippen LogP contribution in [0.3, 0.4) is 0 Å². The lowest BCUT2D eigenvalue weighted by molar-refractivity contribution is -0.126. The molecule has 2 atom stereocenters. The largest absolute Gasteiger partial charge is 0.418 e. The van der Waals surface area contributed by atoms with E-state index in [2.05, 4.69) is 14.6 Å². The van der Waals surface area contributed by atoms with Crippen LogP contribution in [0.1, 0.15) is 18.4 Å². The predicted molar refractivity (Wildman–Crippen MR) is 84.3 cm³/mol. The number of nitrogens with zero attached hydrogens (tertiary/aromatic N) is 3. The summed E-state index contributed by atoms with van der Waals surface area (Å²) in [5.74, 6) is -0.297. The fourth-order valence-electron chi connectivity index (χ4n) is 3.10. The van der Waals surface area contributed by atoms with Crippen LogP contribution in [0.5, 0.6) is 0 Å². The second kappa shape index (κ2) is 6.94. The van der Waals surface area contributed by atoms with Crippen LogP contribution in [-0.4, -0.2) is 65.0 Å². The zero-order valence-corrected chi connectivity index (χ0v) is 14.1. The number of hydrogen-bond donors (Lipinski definition) is 2. The molecule has 0 aromatic carbocycles. The first-order valence-corrected chi connectivity index (χ1v) is 9.15. The lowest BCUT2D eigenvalue weighted by atomic mass is 10.0. The van der Waals surface area contributed by atoms with Gasteiger partial charge in [0.05, 0.1) is 6.04 Å². The van der Waals surface area contributed by atoms with Crippen molar-refractivity contribution in [2.45, 2.75) is 31.3 Å². The second-order valence-corrected chi connectivity index (χ2v) is 6.91. The highest BCUT2D eigenvalue weighted by molar-refractivity contribution is 7.80. The number of fused-ring (bicyclic) bond motifs is 2. The van der Waals surface area contributed by atoms with Crippen molar-refractivity contribution in [3.8, 4) is 0 Å². The molecule has 3 amide bonds. The molecule has 2 aliphatic rings. The Labute approximate surface area is 144 Å². The highest BCUT2D eigenvalue weighted by atomic mass is 32.3. The third-order valence-corrected chi connectivity index (χ3v) is 4.61. The standard InChI is InChI=1S/C14H18N4O6S/c19-13(16-8-5-10-3-6-15-7-4-10)12-2-1-11-9-17(12)14(20)18(11)24-25(21,22)23/h3-4,6-7,11-12H,1-2,5,8-9H2,(H,16,19)(H,21,22,23)/t11-,12+/m0/s1. The van der Waals surface area contributed by atoms with Crippen molar-refractivity contribution in [1.82, 2.24) is 20.3 Å². The van der Waals surface area contributed by atoms with Crippen molar-refractivity contribution >= 4 is 22.3 Å². The number of nitrogens with one attached hydrogen (secondary N) is 1. The molecule has 1 aromatic heterocycles. The minimum absolute atomic E-state index is 0.177. The summed E-state index contributed by atoms with van der Waals surface area (Å²) >= 11 is 0. The zero-order chi connectivity index (χ0) is 18.0. The summed E-state index contributed by atoms with van der Waals surface area (Å²) < 4.78 is 34.8. The molecular weight excluding hydrogens is 352 g/mol. The summed E-state index contributed by atoms with van der Waals surface area (Å²) in [6, 6.07) is 1.78. The van der Waals surface area contributed by atoms with Gasteiger partial charge in [-0.15, -0.1) is 4.28 Å². The molecule has 2 fully saturated rings. The van der Waals surface area contributed by atoms with Crippen LogP contribution >= 0.6 is 0 Å². The molecule has 3 heterocycles. The van der Waals surface area contributed by atoms with Gasteiger partial charge in [0, 0.05) is 25.5 Å². The van der Waals surface area contributed by atoms with E-state index in [9.17, 15) is 18.0 Å². The van der Waals surface area contributed by atoms with E-state index in [4.69, 9.17) is 4.55 Å².